The van der Waals surface area contributed by atoms with Crippen molar-refractivity contribution in [1.29, 1.82) is 0 Å². The smallest absolute Gasteiger partial charge is 0.264 e. The minimum atomic E-state index is -3.96. The Morgan fingerprint density at radius 1 is 0.784 bits per heavy atom. The van der Waals surface area contributed by atoms with E-state index in [1.165, 1.54) is 4.31 Å². The molecule has 190 valence electrons. The second kappa shape index (κ2) is 12.3. The number of ether oxygens (including phenoxy) is 1. The molecule has 0 spiro atoms. The Balaban J connectivity index is 1.55. The zero-order chi connectivity index (χ0) is 26.1. The monoisotopic (exact) mass is 514 g/mol. The van der Waals surface area contributed by atoms with Crippen LogP contribution >= 0.6 is 0 Å². The summed E-state index contributed by atoms with van der Waals surface area (Å²) in [5, 5.41) is 2.86. The lowest BCUT2D eigenvalue weighted by Crippen LogP contribution is -2.34. The number of amides is 1. The van der Waals surface area contributed by atoms with Gasteiger partial charge in [-0.25, -0.2) is 8.42 Å². The lowest BCUT2D eigenvalue weighted by Gasteiger charge is -2.26. The van der Waals surface area contributed by atoms with Crippen LogP contribution in [0.25, 0.3) is 0 Å². The van der Waals surface area contributed by atoms with E-state index in [1.54, 1.807) is 48.5 Å². The van der Waals surface area contributed by atoms with Crippen LogP contribution in [0, 0.1) is 6.92 Å². The predicted octanol–water partition coefficient (Wildman–Crippen LogP) is 5.34. The summed E-state index contributed by atoms with van der Waals surface area (Å²) in [5.74, 6) is -0.365. The maximum Gasteiger partial charge on any atom is 0.264 e. The van der Waals surface area contributed by atoms with Crippen molar-refractivity contribution in [2.45, 2.75) is 25.0 Å². The zero-order valence-corrected chi connectivity index (χ0v) is 21.5. The maximum atomic E-state index is 13.8. The topological polar surface area (TPSA) is 75.7 Å². The largest absolute Gasteiger partial charge is 0.375 e. The van der Waals surface area contributed by atoms with Crippen LogP contribution in [-0.4, -0.2) is 27.5 Å². The SMILES string of the molecule is Cc1ccc(S(=O)(=O)N(Cc2ccccc2)c2ccccc2C(=O)NCCOCc2ccccc2)cc1. The predicted molar refractivity (Wildman–Crippen MR) is 146 cm³/mol. The minimum Gasteiger partial charge on any atom is -0.375 e. The zero-order valence-electron chi connectivity index (χ0n) is 20.7. The lowest BCUT2D eigenvalue weighted by molar-refractivity contribution is 0.0901. The Labute approximate surface area is 218 Å². The molecule has 0 aliphatic heterocycles. The van der Waals surface area contributed by atoms with Gasteiger partial charge < -0.3 is 10.1 Å². The third-order valence-corrected chi connectivity index (χ3v) is 7.61. The van der Waals surface area contributed by atoms with Gasteiger partial charge in [0.15, 0.2) is 0 Å². The molecule has 0 heterocycles. The highest BCUT2D eigenvalue weighted by molar-refractivity contribution is 7.92. The van der Waals surface area contributed by atoms with Gasteiger partial charge >= 0.3 is 0 Å². The van der Waals surface area contributed by atoms with E-state index in [-0.39, 0.29) is 22.9 Å². The van der Waals surface area contributed by atoms with Crippen LogP contribution in [0.3, 0.4) is 0 Å². The second-order valence-electron chi connectivity index (χ2n) is 8.62. The number of anilines is 1. The van der Waals surface area contributed by atoms with E-state index in [9.17, 15) is 13.2 Å². The standard InChI is InChI=1S/C30H30N2O4S/c1-24-16-18-27(19-17-24)37(34,35)32(22-25-10-4-2-5-11-25)29-15-9-8-14-28(29)30(33)31-20-21-36-23-26-12-6-3-7-13-26/h2-19H,20-23H2,1H3,(H,31,33). The van der Waals surface area contributed by atoms with Crippen molar-refractivity contribution in [3.8, 4) is 0 Å². The van der Waals surface area contributed by atoms with Crippen LogP contribution in [0.1, 0.15) is 27.0 Å². The van der Waals surface area contributed by atoms with Crippen LogP contribution in [-0.2, 0) is 27.9 Å². The molecule has 1 amide bonds. The highest BCUT2D eigenvalue weighted by Crippen LogP contribution is 2.29. The molecule has 0 saturated carbocycles. The van der Waals surface area contributed by atoms with Gasteiger partial charge in [0.25, 0.3) is 15.9 Å². The summed E-state index contributed by atoms with van der Waals surface area (Å²) in [6, 6.07) is 32.6. The summed E-state index contributed by atoms with van der Waals surface area (Å²) in [5.41, 5.74) is 3.41. The molecule has 0 fully saturated rings. The third kappa shape index (κ3) is 6.84. The van der Waals surface area contributed by atoms with Crippen molar-refractivity contribution < 1.29 is 17.9 Å². The van der Waals surface area contributed by atoms with E-state index < -0.39 is 10.0 Å². The number of carbonyl (C=O) groups excluding carboxylic acids is 1. The molecular formula is C30H30N2O4S. The van der Waals surface area contributed by atoms with Gasteiger partial charge in [-0.05, 0) is 42.3 Å². The Morgan fingerprint density at radius 3 is 2.05 bits per heavy atom. The number of hydrogen-bond donors (Lipinski definition) is 1. The minimum absolute atomic E-state index is 0.0849. The van der Waals surface area contributed by atoms with E-state index in [0.29, 0.717) is 25.4 Å². The summed E-state index contributed by atoms with van der Waals surface area (Å²) in [6.45, 7) is 3.07. The molecule has 0 saturated heterocycles. The molecule has 0 aliphatic carbocycles. The van der Waals surface area contributed by atoms with Crippen LogP contribution in [0.5, 0.6) is 0 Å². The molecule has 0 atom stereocenters. The van der Waals surface area contributed by atoms with Crippen LogP contribution in [0.4, 0.5) is 5.69 Å². The van der Waals surface area contributed by atoms with Gasteiger partial charge in [0.2, 0.25) is 0 Å². The molecule has 0 unspecified atom stereocenters. The van der Waals surface area contributed by atoms with E-state index in [4.69, 9.17) is 4.74 Å². The Kier molecular flexibility index (Phi) is 8.72. The van der Waals surface area contributed by atoms with Gasteiger partial charge in [0, 0.05) is 6.54 Å². The first-order valence-corrected chi connectivity index (χ1v) is 13.5. The number of carbonyl (C=O) groups is 1. The van der Waals surface area contributed by atoms with Crippen LogP contribution in [0.2, 0.25) is 0 Å². The number of nitrogens with one attached hydrogen (secondary N) is 1. The van der Waals surface area contributed by atoms with Gasteiger partial charge in [-0.1, -0.05) is 90.5 Å². The summed E-state index contributed by atoms with van der Waals surface area (Å²) in [7, 11) is -3.96. The van der Waals surface area contributed by atoms with E-state index in [2.05, 4.69) is 5.32 Å². The molecule has 0 aromatic heterocycles. The first kappa shape index (κ1) is 26.1. The molecule has 7 heteroatoms. The van der Waals surface area contributed by atoms with Crippen LogP contribution < -0.4 is 9.62 Å². The van der Waals surface area contributed by atoms with Crippen molar-refractivity contribution in [2.24, 2.45) is 0 Å². The second-order valence-corrected chi connectivity index (χ2v) is 10.5. The number of para-hydroxylation sites is 1. The van der Waals surface area contributed by atoms with E-state index >= 15 is 0 Å². The fourth-order valence-corrected chi connectivity index (χ4v) is 5.34. The average molecular weight is 515 g/mol. The summed E-state index contributed by atoms with van der Waals surface area (Å²) in [4.78, 5) is 13.3. The summed E-state index contributed by atoms with van der Waals surface area (Å²) in [6.07, 6.45) is 0. The Bertz CT molecular complexity index is 1410. The van der Waals surface area contributed by atoms with E-state index in [0.717, 1.165) is 16.7 Å². The van der Waals surface area contributed by atoms with Crippen molar-refractivity contribution in [1.82, 2.24) is 5.32 Å². The number of benzene rings is 4. The molecule has 0 bridgehead atoms. The first-order valence-electron chi connectivity index (χ1n) is 12.1. The maximum absolute atomic E-state index is 13.8. The molecule has 4 aromatic rings. The molecule has 6 nitrogen and oxygen atoms in total. The number of nitrogens with zero attached hydrogens (tertiary/aromatic N) is 1. The van der Waals surface area contributed by atoms with Gasteiger partial charge in [0.1, 0.15) is 0 Å². The molecule has 4 rings (SSSR count). The molecular weight excluding hydrogens is 484 g/mol. The Morgan fingerprint density at radius 2 is 1.38 bits per heavy atom. The van der Waals surface area contributed by atoms with Gasteiger partial charge in [-0.3, -0.25) is 9.10 Å². The molecule has 37 heavy (non-hydrogen) atoms. The molecule has 4 aromatic carbocycles. The first-order chi connectivity index (χ1) is 17.9. The van der Waals surface area contributed by atoms with Crippen molar-refractivity contribution >= 4 is 21.6 Å². The number of rotatable bonds is 11. The van der Waals surface area contributed by atoms with Gasteiger partial charge in [-0.2, -0.15) is 0 Å². The average Bonchev–Trinajstić information content (AvgIpc) is 2.93. The van der Waals surface area contributed by atoms with Crippen LogP contribution in [0.15, 0.2) is 114 Å². The lowest BCUT2D eigenvalue weighted by atomic mass is 10.1. The van der Waals surface area contributed by atoms with Gasteiger partial charge in [0.05, 0.1) is 35.9 Å². The third-order valence-electron chi connectivity index (χ3n) is 5.84. The summed E-state index contributed by atoms with van der Waals surface area (Å²) < 4.78 is 34.6. The fourth-order valence-electron chi connectivity index (χ4n) is 3.87. The van der Waals surface area contributed by atoms with E-state index in [1.807, 2.05) is 67.6 Å². The van der Waals surface area contributed by atoms with Crippen molar-refractivity contribution in [3.05, 3.63) is 131 Å². The Hall–Kier alpha value is -3.94. The molecule has 0 aliphatic rings. The van der Waals surface area contributed by atoms with Gasteiger partial charge in [-0.15, -0.1) is 0 Å². The number of hydrogen-bond acceptors (Lipinski definition) is 4. The van der Waals surface area contributed by atoms with Crippen molar-refractivity contribution in [3.63, 3.8) is 0 Å². The molecule has 1 N–H and O–H groups in total. The quantitative estimate of drug-likeness (QED) is 0.274. The number of sulfonamides is 1. The molecule has 0 radical (unpaired) electrons. The fraction of sp³-hybridized carbons (Fsp3) is 0.167. The highest BCUT2D eigenvalue weighted by Gasteiger charge is 2.28. The summed E-state index contributed by atoms with van der Waals surface area (Å²) >= 11 is 0. The number of aryl methyl sites for hydroxylation is 1. The normalized spacial score (nSPS) is 11.2. The highest BCUT2D eigenvalue weighted by atomic mass is 32.2. The van der Waals surface area contributed by atoms with Crippen molar-refractivity contribution in [2.75, 3.05) is 17.5 Å².